The van der Waals surface area contributed by atoms with Crippen LogP contribution in [0.1, 0.15) is 22.3 Å². The first-order valence-corrected chi connectivity index (χ1v) is 10.0. The number of nitrogens with one attached hydrogen (secondary N) is 3. The minimum Gasteiger partial charge on any atom is -0.483 e. The van der Waals surface area contributed by atoms with Gasteiger partial charge in [0.2, 0.25) is 0 Å². The summed E-state index contributed by atoms with van der Waals surface area (Å²) < 4.78 is 10.4. The SMILES string of the molecule is COCCNC(=O)C(=O)N/N=C\c1ccccc1OCC(=O)Nc1c(C)cc(C)cc1C. The van der Waals surface area contributed by atoms with Crippen LogP contribution in [0, 0.1) is 20.8 Å². The highest BCUT2D eigenvalue weighted by Gasteiger charge is 2.12. The van der Waals surface area contributed by atoms with Crippen molar-refractivity contribution in [2.45, 2.75) is 20.8 Å². The molecule has 0 atom stereocenters. The van der Waals surface area contributed by atoms with E-state index in [1.54, 1.807) is 24.3 Å². The van der Waals surface area contributed by atoms with Gasteiger partial charge >= 0.3 is 11.8 Å². The summed E-state index contributed by atoms with van der Waals surface area (Å²) in [4.78, 5) is 35.7. The molecule has 0 saturated heterocycles. The standard InChI is InChI=1S/C23H28N4O5/c1-15-11-16(2)21(17(3)12-15)26-20(28)14-32-19-8-6-5-7-18(19)13-25-27-23(30)22(29)24-9-10-31-4/h5-8,11-13H,9-10,14H2,1-4H3,(H,24,29)(H,26,28)(H,27,30)/b25-13-. The first-order chi connectivity index (χ1) is 15.3. The largest absolute Gasteiger partial charge is 0.483 e. The maximum Gasteiger partial charge on any atom is 0.329 e. The van der Waals surface area contributed by atoms with Crippen LogP contribution in [0.25, 0.3) is 0 Å². The van der Waals surface area contributed by atoms with Crippen molar-refractivity contribution in [3.8, 4) is 5.75 Å². The maximum atomic E-state index is 12.4. The molecule has 32 heavy (non-hydrogen) atoms. The quantitative estimate of drug-likeness (QED) is 0.238. The van der Waals surface area contributed by atoms with Crippen molar-refractivity contribution in [1.82, 2.24) is 10.7 Å². The lowest BCUT2D eigenvalue weighted by Gasteiger charge is -2.14. The van der Waals surface area contributed by atoms with Crippen molar-refractivity contribution < 1.29 is 23.9 Å². The van der Waals surface area contributed by atoms with Gasteiger partial charge in [-0.2, -0.15) is 5.10 Å². The van der Waals surface area contributed by atoms with Gasteiger partial charge in [-0.05, 0) is 44.0 Å². The molecule has 0 heterocycles. The van der Waals surface area contributed by atoms with Gasteiger partial charge in [-0.1, -0.05) is 29.8 Å². The van der Waals surface area contributed by atoms with Crippen molar-refractivity contribution in [1.29, 1.82) is 0 Å². The monoisotopic (exact) mass is 440 g/mol. The van der Waals surface area contributed by atoms with Gasteiger partial charge in [0.25, 0.3) is 5.91 Å². The first-order valence-electron chi connectivity index (χ1n) is 10.0. The van der Waals surface area contributed by atoms with Gasteiger partial charge in [0.05, 0.1) is 12.8 Å². The van der Waals surface area contributed by atoms with Gasteiger partial charge in [0.15, 0.2) is 6.61 Å². The van der Waals surface area contributed by atoms with E-state index in [1.807, 2.05) is 32.9 Å². The molecular formula is C23H28N4O5. The van der Waals surface area contributed by atoms with Crippen LogP contribution in [0.5, 0.6) is 5.75 Å². The number of carbonyl (C=O) groups is 3. The summed E-state index contributed by atoms with van der Waals surface area (Å²) in [5, 5.41) is 9.05. The lowest BCUT2D eigenvalue weighted by atomic mass is 10.1. The number of anilines is 1. The second-order valence-corrected chi connectivity index (χ2v) is 7.10. The van der Waals surface area contributed by atoms with Crippen molar-refractivity contribution in [2.24, 2.45) is 5.10 Å². The first kappa shape index (κ1) is 24.5. The molecule has 2 aromatic carbocycles. The Morgan fingerprint density at radius 3 is 2.41 bits per heavy atom. The number of rotatable bonds is 9. The van der Waals surface area contributed by atoms with Crippen LogP contribution in [-0.4, -0.2) is 50.8 Å². The van der Waals surface area contributed by atoms with Crippen LogP contribution < -0.4 is 20.8 Å². The van der Waals surface area contributed by atoms with E-state index < -0.39 is 11.8 Å². The van der Waals surface area contributed by atoms with Crippen molar-refractivity contribution >= 4 is 29.6 Å². The zero-order valence-corrected chi connectivity index (χ0v) is 18.7. The number of nitrogens with zero attached hydrogens (tertiary/aromatic N) is 1. The third-order valence-corrected chi connectivity index (χ3v) is 4.39. The summed E-state index contributed by atoms with van der Waals surface area (Å²) in [5.41, 5.74) is 6.52. The molecule has 0 fully saturated rings. The lowest BCUT2D eigenvalue weighted by Crippen LogP contribution is -2.39. The fourth-order valence-electron chi connectivity index (χ4n) is 2.97. The molecule has 2 aromatic rings. The van der Waals surface area contributed by atoms with Crippen molar-refractivity contribution in [3.05, 3.63) is 58.7 Å². The van der Waals surface area contributed by atoms with Crippen LogP contribution >= 0.6 is 0 Å². The molecule has 2 rings (SSSR count). The van der Waals surface area contributed by atoms with E-state index in [-0.39, 0.29) is 19.1 Å². The third kappa shape index (κ3) is 7.51. The molecule has 0 aromatic heterocycles. The lowest BCUT2D eigenvalue weighted by molar-refractivity contribution is -0.139. The molecule has 3 N–H and O–H groups in total. The number of carbonyl (C=O) groups excluding carboxylic acids is 3. The molecule has 9 heteroatoms. The molecule has 0 aliphatic carbocycles. The van der Waals surface area contributed by atoms with Crippen molar-refractivity contribution in [3.63, 3.8) is 0 Å². The van der Waals surface area contributed by atoms with Gasteiger partial charge in [-0.15, -0.1) is 0 Å². The van der Waals surface area contributed by atoms with Crippen LogP contribution in [0.4, 0.5) is 5.69 Å². The number of benzene rings is 2. The highest BCUT2D eigenvalue weighted by molar-refractivity contribution is 6.35. The van der Waals surface area contributed by atoms with Crippen LogP contribution in [0.15, 0.2) is 41.5 Å². The predicted octanol–water partition coefficient (Wildman–Crippen LogP) is 1.84. The summed E-state index contributed by atoms with van der Waals surface area (Å²) in [6, 6.07) is 10.9. The van der Waals surface area contributed by atoms with Gasteiger partial charge in [0.1, 0.15) is 5.75 Å². The van der Waals surface area contributed by atoms with E-state index in [9.17, 15) is 14.4 Å². The molecule has 0 radical (unpaired) electrons. The smallest absolute Gasteiger partial charge is 0.329 e. The number of ether oxygens (including phenoxy) is 2. The van der Waals surface area contributed by atoms with Crippen molar-refractivity contribution in [2.75, 3.05) is 32.2 Å². The molecule has 3 amide bonds. The summed E-state index contributed by atoms with van der Waals surface area (Å²) in [7, 11) is 1.49. The Bertz CT molecular complexity index is 981. The number of methoxy groups -OCH3 is 1. The summed E-state index contributed by atoms with van der Waals surface area (Å²) in [6.45, 7) is 6.19. The van der Waals surface area contributed by atoms with Crippen LogP contribution in [0.2, 0.25) is 0 Å². The Hall–Kier alpha value is -3.72. The Morgan fingerprint density at radius 1 is 1.03 bits per heavy atom. The molecule has 0 aliphatic rings. The topological polar surface area (TPSA) is 118 Å². The molecule has 9 nitrogen and oxygen atoms in total. The molecule has 0 saturated carbocycles. The fourth-order valence-corrected chi connectivity index (χ4v) is 2.97. The molecule has 170 valence electrons. The summed E-state index contributed by atoms with van der Waals surface area (Å²) in [5.74, 6) is -1.61. The number of para-hydroxylation sites is 1. The van der Waals surface area contributed by atoms with E-state index in [1.165, 1.54) is 13.3 Å². The number of hydrogen-bond donors (Lipinski definition) is 3. The zero-order chi connectivity index (χ0) is 23.5. The van der Waals surface area contributed by atoms with E-state index in [0.717, 1.165) is 22.4 Å². The normalized spacial score (nSPS) is 10.6. The molecule has 0 aliphatic heterocycles. The summed E-state index contributed by atoms with van der Waals surface area (Å²) in [6.07, 6.45) is 1.34. The van der Waals surface area contributed by atoms with Gasteiger partial charge in [0, 0.05) is 24.9 Å². The Kier molecular flexibility index (Phi) is 9.37. The van der Waals surface area contributed by atoms with Crippen LogP contribution in [0.3, 0.4) is 0 Å². The average molecular weight is 441 g/mol. The molecule has 0 spiro atoms. The van der Waals surface area contributed by atoms with Gasteiger partial charge in [-0.3, -0.25) is 14.4 Å². The third-order valence-electron chi connectivity index (χ3n) is 4.39. The molecule has 0 bridgehead atoms. The number of hydrogen-bond acceptors (Lipinski definition) is 6. The minimum absolute atomic E-state index is 0.203. The second kappa shape index (κ2) is 12.2. The highest BCUT2D eigenvalue weighted by atomic mass is 16.5. The number of hydrazone groups is 1. The van der Waals surface area contributed by atoms with E-state index >= 15 is 0 Å². The average Bonchev–Trinajstić information content (AvgIpc) is 2.75. The maximum absolute atomic E-state index is 12.4. The van der Waals surface area contributed by atoms with Gasteiger partial charge < -0.3 is 20.1 Å². The summed E-state index contributed by atoms with van der Waals surface area (Å²) >= 11 is 0. The number of amides is 3. The second-order valence-electron chi connectivity index (χ2n) is 7.10. The van der Waals surface area contributed by atoms with Gasteiger partial charge in [-0.25, -0.2) is 5.43 Å². The number of aryl methyl sites for hydroxylation is 3. The Labute approximate surface area is 187 Å². The highest BCUT2D eigenvalue weighted by Crippen LogP contribution is 2.22. The fraction of sp³-hybridized carbons (Fsp3) is 0.304. The molecule has 0 unspecified atom stereocenters. The molecular weight excluding hydrogens is 412 g/mol. The minimum atomic E-state index is -0.904. The predicted molar refractivity (Wildman–Crippen MR) is 122 cm³/mol. The van der Waals surface area contributed by atoms with E-state index in [2.05, 4.69) is 21.2 Å². The van der Waals surface area contributed by atoms with E-state index in [0.29, 0.717) is 17.9 Å². The van der Waals surface area contributed by atoms with Crippen LogP contribution in [-0.2, 0) is 19.1 Å². The Morgan fingerprint density at radius 2 is 1.72 bits per heavy atom. The van der Waals surface area contributed by atoms with E-state index in [4.69, 9.17) is 9.47 Å². The zero-order valence-electron chi connectivity index (χ0n) is 18.7. The Balaban J connectivity index is 1.93.